The highest BCUT2D eigenvalue weighted by molar-refractivity contribution is 5.64. The molecular weight excluding hydrogens is 284 g/mol. The van der Waals surface area contributed by atoms with Crippen LogP contribution in [-0.4, -0.2) is 58.5 Å². The first-order valence-corrected chi connectivity index (χ1v) is 6.19. The van der Waals surface area contributed by atoms with E-state index in [4.69, 9.17) is 9.47 Å². The molecule has 1 aromatic rings. The number of aliphatic hydroxyl groups excluding tert-OH is 3. The van der Waals surface area contributed by atoms with Crippen molar-refractivity contribution >= 4 is 11.4 Å². The quantitative estimate of drug-likeness (QED) is 0.430. The second-order valence-electron chi connectivity index (χ2n) is 4.59. The molecule has 0 saturated carbocycles. The first-order valence-electron chi connectivity index (χ1n) is 6.19. The van der Waals surface area contributed by atoms with E-state index in [2.05, 4.69) is 5.32 Å². The fraction of sp³-hybridized carbons (Fsp3) is 0.500. The highest BCUT2D eigenvalue weighted by atomic mass is 16.6. The van der Waals surface area contributed by atoms with Crippen LogP contribution in [0.1, 0.15) is 0 Å². The number of hydrogen-bond acceptors (Lipinski definition) is 8. The van der Waals surface area contributed by atoms with Crippen LogP contribution in [-0.2, 0) is 4.74 Å². The van der Waals surface area contributed by atoms with Gasteiger partial charge in [0.05, 0.1) is 24.7 Å². The van der Waals surface area contributed by atoms with Gasteiger partial charge in [-0.15, -0.1) is 0 Å². The predicted octanol–water partition coefficient (Wildman–Crippen LogP) is -0.546. The van der Waals surface area contributed by atoms with Gasteiger partial charge < -0.3 is 30.1 Å². The molecule has 4 atom stereocenters. The van der Waals surface area contributed by atoms with Crippen LogP contribution in [0.2, 0.25) is 0 Å². The lowest BCUT2D eigenvalue weighted by molar-refractivity contribution is -0.384. The number of aliphatic hydroxyl groups is 3. The molecule has 0 aliphatic carbocycles. The highest BCUT2D eigenvalue weighted by Crippen LogP contribution is 2.30. The Labute approximate surface area is 119 Å². The first-order chi connectivity index (χ1) is 9.93. The molecule has 4 N–H and O–H groups in total. The minimum Gasteiger partial charge on any atom is -0.496 e. The number of anilines is 1. The summed E-state index contributed by atoms with van der Waals surface area (Å²) in [6, 6.07) is 4.14. The summed E-state index contributed by atoms with van der Waals surface area (Å²) in [5.74, 6) is 0.313. The van der Waals surface area contributed by atoms with Gasteiger partial charge in [0, 0.05) is 0 Å². The average Bonchev–Trinajstić information content (AvgIpc) is 2.48. The van der Waals surface area contributed by atoms with Crippen molar-refractivity contribution in [1.82, 2.24) is 0 Å². The average molecular weight is 300 g/mol. The first kappa shape index (κ1) is 15.4. The molecule has 1 fully saturated rings. The number of nitrogens with zero attached hydrogens (tertiary/aromatic N) is 1. The number of ether oxygens (including phenoxy) is 2. The lowest BCUT2D eigenvalue weighted by Gasteiger charge is -2.35. The zero-order chi connectivity index (χ0) is 15.6. The molecule has 1 aliphatic heterocycles. The molecule has 9 nitrogen and oxygen atoms in total. The molecule has 1 saturated heterocycles. The Morgan fingerprint density at radius 3 is 2.71 bits per heavy atom. The van der Waals surface area contributed by atoms with Crippen LogP contribution >= 0.6 is 0 Å². The Balaban J connectivity index is 2.21. The lowest BCUT2D eigenvalue weighted by Crippen LogP contribution is -2.55. The molecule has 1 aromatic carbocycles. The smallest absolute Gasteiger partial charge is 0.296 e. The summed E-state index contributed by atoms with van der Waals surface area (Å²) in [6.07, 6.45) is -5.09. The van der Waals surface area contributed by atoms with Crippen LogP contribution in [0, 0.1) is 10.1 Å². The molecule has 0 bridgehead atoms. The molecular formula is C12H16N2O7. The molecule has 0 spiro atoms. The Kier molecular flexibility index (Phi) is 4.58. The number of nitro groups is 1. The molecule has 0 amide bonds. The zero-order valence-corrected chi connectivity index (χ0v) is 11.2. The van der Waals surface area contributed by atoms with Gasteiger partial charge in [0.15, 0.2) is 6.23 Å². The van der Waals surface area contributed by atoms with Gasteiger partial charge in [-0.2, -0.15) is 0 Å². The Hall–Kier alpha value is -1.94. The van der Waals surface area contributed by atoms with Crippen molar-refractivity contribution in [2.75, 3.05) is 19.0 Å². The van der Waals surface area contributed by atoms with Crippen LogP contribution in [0.3, 0.4) is 0 Å². The maximum Gasteiger partial charge on any atom is 0.296 e. The van der Waals surface area contributed by atoms with Crippen LogP contribution in [0.25, 0.3) is 0 Å². The van der Waals surface area contributed by atoms with E-state index in [0.29, 0.717) is 5.75 Å². The van der Waals surface area contributed by atoms with Crippen LogP contribution in [0.4, 0.5) is 11.4 Å². The molecule has 0 unspecified atom stereocenters. The summed E-state index contributed by atoms with van der Waals surface area (Å²) in [4.78, 5) is 10.4. The standard InChI is InChI=1S/C12H16N2O7/c1-20-6-2-3-7(8(4-6)14(18)19)13-12-11(17)10(16)9(15)5-21-12/h2-4,9-13,15-17H,5H2,1H3/t9-,10-,11+,12+/m0/s1. The topological polar surface area (TPSA) is 134 Å². The van der Waals surface area contributed by atoms with Gasteiger partial charge in [0.25, 0.3) is 5.69 Å². The predicted molar refractivity (Wildman–Crippen MR) is 71.0 cm³/mol. The summed E-state index contributed by atoms with van der Waals surface area (Å²) in [5.41, 5.74) is -0.154. The van der Waals surface area contributed by atoms with E-state index in [1.807, 2.05) is 0 Å². The van der Waals surface area contributed by atoms with Crippen LogP contribution < -0.4 is 10.1 Å². The summed E-state index contributed by atoms with van der Waals surface area (Å²) in [5, 5.41) is 42.4. The van der Waals surface area contributed by atoms with Crippen molar-refractivity contribution in [2.45, 2.75) is 24.5 Å². The molecule has 0 aromatic heterocycles. The second-order valence-corrected chi connectivity index (χ2v) is 4.59. The summed E-state index contributed by atoms with van der Waals surface area (Å²) >= 11 is 0. The minimum absolute atomic E-state index is 0.105. The van der Waals surface area contributed by atoms with E-state index in [-0.39, 0.29) is 18.0 Å². The minimum atomic E-state index is -1.42. The van der Waals surface area contributed by atoms with Gasteiger partial charge in [-0.1, -0.05) is 0 Å². The Morgan fingerprint density at radius 2 is 2.10 bits per heavy atom. The number of methoxy groups -OCH3 is 1. The largest absolute Gasteiger partial charge is 0.496 e. The Bertz CT molecular complexity index is 524. The maximum atomic E-state index is 11.0. The number of nitro benzene ring substituents is 1. The van der Waals surface area contributed by atoms with E-state index in [9.17, 15) is 25.4 Å². The normalized spacial score (nSPS) is 29.0. The fourth-order valence-corrected chi connectivity index (χ4v) is 2.00. The van der Waals surface area contributed by atoms with Crippen molar-refractivity contribution in [2.24, 2.45) is 0 Å². The van der Waals surface area contributed by atoms with Crippen molar-refractivity contribution in [3.63, 3.8) is 0 Å². The lowest BCUT2D eigenvalue weighted by atomic mass is 10.0. The Morgan fingerprint density at radius 1 is 1.38 bits per heavy atom. The summed E-state index contributed by atoms with van der Waals surface area (Å²) < 4.78 is 10.1. The van der Waals surface area contributed by atoms with Crippen LogP contribution in [0.15, 0.2) is 18.2 Å². The molecule has 1 heterocycles. The van der Waals surface area contributed by atoms with Gasteiger partial charge in [-0.3, -0.25) is 10.1 Å². The SMILES string of the molecule is COc1ccc(N[C@@H]2OC[C@H](O)[C@H](O)[C@H]2O)c([N+](=O)[O-])c1. The number of benzene rings is 1. The van der Waals surface area contributed by atoms with Gasteiger partial charge in [0.2, 0.25) is 0 Å². The van der Waals surface area contributed by atoms with E-state index < -0.39 is 29.5 Å². The summed E-state index contributed by atoms with van der Waals surface area (Å²) in [6.45, 7) is -0.195. The number of nitrogens with one attached hydrogen (secondary N) is 1. The monoisotopic (exact) mass is 300 g/mol. The third kappa shape index (κ3) is 3.22. The van der Waals surface area contributed by atoms with Crippen molar-refractivity contribution < 1.29 is 29.7 Å². The van der Waals surface area contributed by atoms with Crippen molar-refractivity contribution in [3.8, 4) is 5.75 Å². The molecule has 9 heteroatoms. The molecule has 2 rings (SSSR count). The number of hydrogen-bond donors (Lipinski definition) is 4. The highest BCUT2D eigenvalue weighted by Gasteiger charge is 2.38. The fourth-order valence-electron chi connectivity index (χ4n) is 2.00. The number of rotatable bonds is 4. The van der Waals surface area contributed by atoms with Gasteiger partial charge in [0.1, 0.15) is 29.7 Å². The molecule has 116 valence electrons. The van der Waals surface area contributed by atoms with E-state index in [1.54, 1.807) is 0 Å². The third-order valence-electron chi connectivity index (χ3n) is 3.20. The van der Waals surface area contributed by atoms with E-state index in [1.165, 1.54) is 25.3 Å². The molecule has 21 heavy (non-hydrogen) atoms. The molecule has 0 radical (unpaired) electrons. The third-order valence-corrected chi connectivity index (χ3v) is 3.20. The van der Waals surface area contributed by atoms with Crippen molar-refractivity contribution in [1.29, 1.82) is 0 Å². The maximum absolute atomic E-state index is 11.0. The van der Waals surface area contributed by atoms with Gasteiger partial charge in [-0.25, -0.2) is 0 Å². The van der Waals surface area contributed by atoms with Gasteiger partial charge >= 0.3 is 0 Å². The van der Waals surface area contributed by atoms with Gasteiger partial charge in [-0.05, 0) is 12.1 Å². The van der Waals surface area contributed by atoms with Crippen LogP contribution in [0.5, 0.6) is 5.75 Å². The van der Waals surface area contributed by atoms with E-state index >= 15 is 0 Å². The molecule has 1 aliphatic rings. The van der Waals surface area contributed by atoms with E-state index in [0.717, 1.165) is 0 Å². The zero-order valence-electron chi connectivity index (χ0n) is 11.2. The second kappa shape index (κ2) is 6.22. The van der Waals surface area contributed by atoms with Crippen molar-refractivity contribution in [3.05, 3.63) is 28.3 Å². The summed E-state index contributed by atoms with van der Waals surface area (Å²) in [7, 11) is 1.39.